The number of methoxy groups -OCH3 is 1. The van der Waals surface area contributed by atoms with Crippen molar-refractivity contribution in [1.82, 2.24) is 25.9 Å². The van der Waals surface area contributed by atoms with Crippen molar-refractivity contribution < 1.29 is 14.3 Å². The minimum absolute atomic E-state index is 0.306. The number of benzene rings is 1. The van der Waals surface area contributed by atoms with Gasteiger partial charge < -0.3 is 26.0 Å². The van der Waals surface area contributed by atoms with Gasteiger partial charge >= 0.3 is 12.0 Å². The van der Waals surface area contributed by atoms with E-state index in [9.17, 15) is 9.59 Å². The topological polar surface area (TPSA) is 147 Å². The molecule has 3 aromatic rings. The molecule has 5 rings (SSSR count). The SMILES string of the molecule is CCNC(=O)NC1(C2CNCCC2(N)C(=O)OC)N=CC=CN1c1cc(-c2ccccn2)c2scnc2c1. The molecule has 0 aliphatic carbocycles. The molecular formula is C26H30N8O3S. The Labute approximate surface area is 224 Å². The smallest absolute Gasteiger partial charge is 0.326 e. The highest BCUT2D eigenvalue weighted by molar-refractivity contribution is 7.17. The second-order valence-electron chi connectivity index (χ2n) is 9.15. The molecule has 0 radical (unpaired) electrons. The molecule has 3 unspecified atom stereocenters. The van der Waals surface area contributed by atoms with E-state index in [0.717, 1.165) is 21.5 Å². The number of fused-ring (bicyclic) bond motifs is 1. The molecule has 4 heterocycles. The van der Waals surface area contributed by atoms with Crippen molar-refractivity contribution in [2.24, 2.45) is 16.6 Å². The third kappa shape index (κ3) is 4.40. The van der Waals surface area contributed by atoms with Crippen LogP contribution in [-0.2, 0) is 9.53 Å². The second-order valence-corrected chi connectivity index (χ2v) is 10.0. The third-order valence-electron chi connectivity index (χ3n) is 6.97. The summed E-state index contributed by atoms with van der Waals surface area (Å²) in [7, 11) is 1.32. The summed E-state index contributed by atoms with van der Waals surface area (Å²) in [4.78, 5) is 42.0. The first-order chi connectivity index (χ1) is 18.4. The van der Waals surface area contributed by atoms with Crippen LogP contribution in [0.2, 0.25) is 0 Å². The number of anilines is 1. The number of nitrogens with two attached hydrogens (primary N) is 1. The van der Waals surface area contributed by atoms with Crippen LogP contribution in [0.5, 0.6) is 0 Å². The third-order valence-corrected chi connectivity index (χ3v) is 7.84. The average molecular weight is 535 g/mol. The van der Waals surface area contributed by atoms with Gasteiger partial charge in [-0.25, -0.2) is 14.8 Å². The summed E-state index contributed by atoms with van der Waals surface area (Å²) in [5.74, 6) is -2.73. The van der Waals surface area contributed by atoms with Crippen molar-refractivity contribution in [3.8, 4) is 11.3 Å². The standard InChI is InChI=1S/C26H30N8O3S/c1-3-29-24(36)33-26(21-15-28-11-8-25(21,27)23(35)37-2)32-10-6-12-34(26)17-13-18(19-7-4-5-9-30-19)22-20(14-17)31-16-38-22/h4-7,9-10,12-14,16,21,28H,3,8,11,15,27H2,1-2H3,(H2,29,33,36). The minimum atomic E-state index is -1.46. The first-order valence-electron chi connectivity index (χ1n) is 12.4. The largest absolute Gasteiger partial charge is 0.468 e. The van der Waals surface area contributed by atoms with Gasteiger partial charge in [-0.1, -0.05) is 6.07 Å². The van der Waals surface area contributed by atoms with Crippen LogP contribution in [0.3, 0.4) is 0 Å². The Morgan fingerprint density at radius 2 is 2.18 bits per heavy atom. The molecule has 2 aliphatic heterocycles. The number of thiazole rings is 1. The summed E-state index contributed by atoms with van der Waals surface area (Å²) in [6, 6.07) is 9.22. The maximum atomic E-state index is 13.1. The van der Waals surface area contributed by atoms with Crippen LogP contribution in [-0.4, -0.2) is 66.3 Å². The second kappa shape index (κ2) is 10.5. The molecule has 2 aliphatic rings. The van der Waals surface area contributed by atoms with E-state index in [-0.39, 0.29) is 0 Å². The van der Waals surface area contributed by atoms with Crippen LogP contribution in [0, 0.1) is 5.92 Å². The summed E-state index contributed by atoms with van der Waals surface area (Å²) in [5, 5.41) is 9.17. The fourth-order valence-corrected chi connectivity index (χ4v) is 5.98. The molecule has 0 saturated carbocycles. The van der Waals surface area contributed by atoms with Crippen LogP contribution >= 0.6 is 11.3 Å². The van der Waals surface area contributed by atoms with E-state index in [1.807, 2.05) is 48.4 Å². The van der Waals surface area contributed by atoms with Gasteiger partial charge in [-0.05, 0) is 50.2 Å². The van der Waals surface area contributed by atoms with Gasteiger partial charge in [0, 0.05) is 43.0 Å². The van der Waals surface area contributed by atoms with E-state index in [4.69, 9.17) is 15.5 Å². The molecule has 0 spiro atoms. The number of carbonyl (C=O) groups is 2. The van der Waals surface area contributed by atoms with Crippen molar-refractivity contribution in [3.05, 3.63) is 54.3 Å². The summed E-state index contributed by atoms with van der Waals surface area (Å²) >= 11 is 1.53. The van der Waals surface area contributed by atoms with Crippen molar-refractivity contribution in [2.75, 3.05) is 31.6 Å². The number of aromatic nitrogens is 2. The molecule has 0 bridgehead atoms. The van der Waals surface area contributed by atoms with Gasteiger partial charge in [0.05, 0.1) is 34.4 Å². The number of ether oxygens (including phenoxy) is 1. The van der Waals surface area contributed by atoms with Gasteiger partial charge in [-0.3, -0.25) is 15.1 Å². The van der Waals surface area contributed by atoms with Gasteiger partial charge in [0.15, 0.2) is 0 Å². The number of aliphatic imine (C=N–C) groups is 1. The maximum absolute atomic E-state index is 13.1. The molecule has 12 heteroatoms. The minimum Gasteiger partial charge on any atom is -0.468 e. The number of esters is 1. The van der Waals surface area contributed by atoms with Gasteiger partial charge in [-0.2, -0.15) is 0 Å². The molecule has 1 saturated heterocycles. The van der Waals surface area contributed by atoms with Crippen LogP contribution in [0.25, 0.3) is 21.5 Å². The molecule has 198 valence electrons. The van der Waals surface area contributed by atoms with Crippen molar-refractivity contribution in [1.29, 1.82) is 0 Å². The van der Waals surface area contributed by atoms with E-state index >= 15 is 0 Å². The quantitative estimate of drug-likeness (QED) is 0.352. The van der Waals surface area contributed by atoms with Crippen LogP contribution in [0.1, 0.15) is 13.3 Å². The predicted molar refractivity (Wildman–Crippen MR) is 148 cm³/mol. The molecule has 2 amide bonds. The molecule has 2 aromatic heterocycles. The Bertz CT molecular complexity index is 1390. The molecule has 1 fully saturated rings. The van der Waals surface area contributed by atoms with Crippen molar-refractivity contribution >= 4 is 45.5 Å². The van der Waals surface area contributed by atoms with Crippen molar-refractivity contribution in [3.63, 3.8) is 0 Å². The first kappa shape index (κ1) is 25.8. The maximum Gasteiger partial charge on any atom is 0.326 e. The number of urea groups is 1. The Balaban J connectivity index is 1.71. The lowest BCUT2D eigenvalue weighted by Gasteiger charge is -2.52. The number of hydrogen-bond acceptors (Lipinski definition) is 10. The van der Waals surface area contributed by atoms with Crippen molar-refractivity contribution in [2.45, 2.75) is 24.7 Å². The van der Waals surface area contributed by atoms with E-state index in [1.54, 1.807) is 24.0 Å². The monoisotopic (exact) mass is 534 g/mol. The fraction of sp³-hybridized carbons (Fsp3) is 0.346. The Hall–Kier alpha value is -3.87. The summed E-state index contributed by atoms with van der Waals surface area (Å²) in [6.45, 7) is 3.07. The zero-order valence-electron chi connectivity index (χ0n) is 21.2. The number of pyridine rings is 1. The number of hydrogen-bond donors (Lipinski definition) is 4. The highest BCUT2D eigenvalue weighted by atomic mass is 32.1. The van der Waals surface area contributed by atoms with Gasteiger partial charge in [-0.15, -0.1) is 11.3 Å². The van der Waals surface area contributed by atoms with E-state index in [1.165, 1.54) is 18.4 Å². The predicted octanol–water partition coefficient (Wildman–Crippen LogP) is 2.22. The summed E-state index contributed by atoms with van der Waals surface area (Å²) in [5.41, 5.74) is 10.4. The zero-order valence-corrected chi connectivity index (χ0v) is 22.0. The van der Waals surface area contributed by atoms with Gasteiger partial charge in [0.1, 0.15) is 5.54 Å². The number of nitrogens with one attached hydrogen (secondary N) is 3. The number of nitrogens with zero attached hydrogens (tertiary/aromatic N) is 4. The van der Waals surface area contributed by atoms with Gasteiger partial charge in [0.2, 0.25) is 5.79 Å². The highest BCUT2D eigenvalue weighted by Gasteiger charge is 2.59. The Morgan fingerprint density at radius 1 is 1.32 bits per heavy atom. The van der Waals surface area contributed by atoms with Crippen LogP contribution in [0.4, 0.5) is 10.5 Å². The number of rotatable bonds is 6. The Kier molecular flexibility index (Phi) is 7.11. The average Bonchev–Trinajstić information content (AvgIpc) is 3.42. The lowest BCUT2D eigenvalue weighted by molar-refractivity contribution is -0.152. The number of carbonyl (C=O) groups excluding carboxylic acids is 2. The molecule has 11 nitrogen and oxygen atoms in total. The molecule has 3 atom stereocenters. The number of amides is 2. The summed E-state index contributed by atoms with van der Waals surface area (Å²) < 4.78 is 6.14. The summed E-state index contributed by atoms with van der Waals surface area (Å²) in [6.07, 6.45) is 7.25. The molecule has 38 heavy (non-hydrogen) atoms. The number of allylic oxidation sites excluding steroid dienone is 1. The zero-order chi connectivity index (χ0) is 26.8. The lowest BCUT2D eigenvalue weighted by atomic mass is 9.74. The molecular weight excluding hydrogens is 504 g/mol. The number of piperidine rings is 1. The molecule has 1 aromatic carbocycles. The normalized spacial score (nSPS) is 24.8. The van der Waals surface area contributed by atoms with Crippen LogP contribution < -0.4 is 26.6 Å². The highest BCUT2D eigenvalue weighted by Crippen LogP contribution is 2.42. The van der Waals surface area contributed by atoms with Gasteiger partial charge in [0.25, 0.3) is 0 Å². The van der Waals surface area contributed by atoms with E-state index < -0.39 is 29.2 Å². The Morgan fingerprint density at radius 3 is 2.95 bits per heavy atom. The lowest BCUT2D eigenvalue weighted by Crippen LogP contribution is -2.76. The fourth-order valence-electron chi connectivity index (χ4n) is 5.19. The van der Waals surface area contributed by atoms with E-state index in [0.29, 0.717) is 31.7 Å². The van der Waals surface area contributed by atoms with E-state index in [2.05, 4.69) is 25.9 Å². The van der Waals surface area contributed by atoms with Crippen LogP contribution in [0.15, 0.2) is 59.3 Å². The molecule has 5 N–H and O–H groups in total. The first-order valence-corrected chi connectivity index (χ1v) is 13.2.